The van der Waals surface area contributed by atoms with Crippen molar-refractivity contribution in [3.63, 3.8) is 0 Å². The fourth-order valence-electron chi connectivity index (χ4n) is 3.19. The Bertz CT molecular complexity index is 785. The van der Waals surface area contributed by atoms with E-state index in [9.17, 15) is 9.59 Å². The molecule has 0 spiro atoms. The zero-order valence-electron chi connectivity index (χ0n) is 13.4. The van der Waals surface area contributed by atoms with E-state index in [1.54, 1.807) is 19.2 Å². The summed E-state index contributed by atoms with van der Waals surface area (Å²) in [5.41, 5.74) is 3.24. The summed E-state index contributed by atoms with van der Waals surface area (Å²) < 4.78 is 5.37. The van der Waals surface area contributed by atoms with Crippen LogP contribution in [0.15, 0.2) is 42.5 Å². The van der Waals surface area contributed by atoms with Gasteiger partial charge >= 0.3 is 5.97 Å². The van der Waals surface area contributed by atoms with Crippen LogP contribution in [0.4, 0.5) is 0 Å². The number of carbonyl (C=O) groups excluding carboxylic acids is 1. The molecule has 5 nitrogen and oxygen atoms in total. The number of aromatic carboxylic acids is 1. The fraction of sp³-hybridized carbons (Fsp3) is 0.263. The second-order valence-electron chi connectivity index (χ2n) is 5.95. The lowest BCUT2D eigenvalue weighted by molar-refractivity contribution is -0.121. The van der Waals surface area contributed by atoms with Crippen molar-refractivity contribution in [3.05, 3.63) is 64.7 Å². The zero-order valence-corrected chi connectivity index (χ0v) is 13.4. The molecule has 0 saturated heterocycles. The van der Waals surface area contributed by atoms with Crippen molar-refractivity contribution in [2.45, 2.75) is 25.3 Å². The Hall–Kier alpha value is -2.82. The molecule has 0 radical (unpaired) electrons. The van der Waals surface area contributed by atoms with Crippen LogP contribution in [-0.4, -0.2) is 30.1 Å². The maximum absolute atomic E-state index is 12.3. The van der Waals surface area contributed by atoms with E-state index < -0.39 is 5.97 Å². The summed E-state index contributed by atoms with van der Waals surface area (Å²) in [6.45, 7) is 0. The molecular formula is C19H19NO4. The SMILES string of the molecule is COc1cccc2c1CC(NC(=O)Cc1cccc(C(=O)O)c1)C2. The standard InChI is InChI=1S/C19H19NO4/c1-24-17-7-3-5-13-10-15(11-16(13)17)20-18(21)9-12-4-2-6-14(8-12)19(22)23/h2-8,15H,9-11H2,1H3,(H,20,21)(H,22,23). The van der Waals surface area contributed by atoms with Crippen LogP contribution in [0, 0.1) is 0 Å². The van der Waals surface area contributed by atoms with Gasteiger partial charge in [-0.3, -0.25) is 4.79 Å². The lowest BCUT2D eigenvalue weighted by atomic mass is 10.1. The van der Waals surface area contributed by atoms with E-state index in [0.717, 1.165) is 24.2 Å². The molecule has 2 aromatic rings. The minimum absolute atomic E-state index is 0.0476. The van der Waals surface area contributed by atoms with Gasteiger partial charge in [0.05, 0.1) is 19.1 Å². The highest BCUT2D eigenvalue weighted by molar-refractivity contribution is 5.88. The molecule has 0 heterocycles. The van der Waals surface area contributed by atoms with Crippen LogP contribution < -0.4 is 10.1 Å². The molecule has 0 aliphatic heterocycles. The van der Waals surface area contributed by atoms with Crippen LogP contribution in [0.5, 0.6) is 5.75 Å². The van der Waals surface area contributed by atoms with Gasteiger partial charge < -0.3 is 15.2 Å². The number of carboxylic acids is 1. The molecule has 24 heavy (non-hydrogen) atoms. The van der Waals surface area contributed by atoms with Gasteiger partial charge in [-0.15, -0.1) is 0 Å². The van der Waals surface area contributed by atoms with Crippen molar-refractivity contribution in [2.24, 2.45) is 0 Å². The number of rotatable bonds is 5. The minimum Gasteiger partial charge on any atom is -0.496 e. The van der Waals surface area contributed by atoms with Gasteiger partial charge in [0.1, 0.15) is 5.75 Å². The molecule has 2 aromatic carbocycles. The Morgan fingerprint density at radius 2 is 2.00 bits per heavy atom. The van der Waals surface area contributed by atoms with E-state index in [4.69, 9.17) is 9.84 Å². The van der Waals surface area contributed by atoms with Crippen LogP contribution in [0.2, 0.25) is 0 Å². The lowest BCUT2D eigenvalue weighted by Crippen LogP contribution is -2.36. The summed E-state index contributed by atoms with van der Waals surface area (Å²) >= 11 is 0. The molecule has 1 atom stereocenters. The average Bonchev–Trinajstić information content (AvgIpc) is 2.96. The van der Waals surface area contributed by atoms with Crippen molar-refractivity contribution in [3.8, 4) is 5.75 Å². The zero-order chi connectivity index (χ0) is 17.1. The van der Waals surface area contributed by atoms with Gasteiger partial charge in [0, 0.05) is 6.04 Å². The van der Waals surface area contributed by atoms with E-state index in [2.05, 4.69) is 11.4 Å². The molecule has 1 amide bonds. The van der Waals surface area contributed by atoms with Gasteiger partial charge in [-0.05, 0) is 47.7 Å². The molecule has 1 aliphatic rings. The van der Waals surface area contributed by atoms with Crippen LogP contribution in [0.25, 0.3) is 0 Å². The smallest absolute Gasteiger partial charge is 0.335 e. The number of hydrogen-bond donors (Lipinski definition) is 2. The first kappa shape index (κ1) is 16.1. The van der Waals surface area contributed by atoms with Gasteiger partial charge in [0.15, 0.2) is 0 Å². The number of hydrogen-bond acceptors (Lipinski definition) is 3. The summed E-state index contributed by atoms with van der Waals surface area (Å²) in [4.78, 5) is 23.3. The van der Waals surface area contributed by atoms with Crippen molar-refractivity contribution in [1.29, 1.82) is 0 Å². The third kappa shape index (κ3) is 3.40. The largest absolute Gasteiger partial charge is 0.496 e. The van der Waals surface area contributed by atoms with Crippen LogP contribution in [0.3, 0.4) is 0 Å². The van der Waals surface area contributed by atoms with E-state index in [1.165, 1.54) is 17.7 Å². The molecule has 124 valence electrons. The molecule has 3 rings (SSSR count). The van der Waals surface area contributed by atoms with Gasteiger partial charge in [-0.1, -0.05) is 24.3 Å². The molecule has 0 saturated carbocycles. The highest BCUT2D eigenvalue weighted by atomic mass is 16.5. The Morgan fingerprint density at radius 3 is 2.75 bits per heavy atom. The van der Waals surface area contributed by atoms with Gasteiger partial charge in [0.25, 0.3) is 0 Å². The predicted molar refractivity (Wildman–Crippen MR) is 89.4 cm³/mol. The highest BCUT2D eigenvalue weighted by Gasteiger charge is 2.25. The number of nitrogens with one attached hydrogen (secondary N) is 1. The Morgan fingerprint density at radius 1 is 1.21 bits per heavy atom. The second-order valence-corrected chi connectivity index (χ2v) is 5.95. The Kier molecular flexibility index (Phi) is 4.51. The first-order chi connectivity index (χ1) is 11.6. The quantitative estimate of drug-likeness (QED) is 0.884. The van der Waals surface area contributed by atoms with Crippen molar-refractivity contribution < 1.29 is 19.4 Å². The third-order valence-corrected chi connectivity index (χ3v) is 4.27. The topological polar surface area (TPSA) is 75.6 Å². The number of carbonyl (C=O) groups is 2. The average molecular weight is 325 g/mol. The summed E-state index contributed by atoms with van der Waals surface area (Å²) in [5.74, 6) is -0.233. The van der Waals surface area contributed by atoms with Gasteiger partial charge in [-0.25, -0.2) is 4.79 Å². The lowest BCUT2D eigenvalue weighted by Gasteiger charge is -2.12. The number of ether oxygens (including phenoxy) is 1. The van der Waals surface area contributed by atoms with E-state index in [0.29, 0.717) is 5.56 Å². The Labute approximate surface area is 140 Å². The third-order valence-electron chi connectivity index (χ3n) is 4.27. The molecule has 2 N–H and O–H groups in total. The molecule has 0 bridgehead atoms. The van der Waals surface area contributed by atoms with Crippen LogP contribution in [0.1, 0.15) is 27.0 Å². The maximum Gasteiger partial charge on any atom is 0.335 e. The molecule has 5 heteroatoms. The fourth-order valence-corrected chi connectivity index (χ4v) is 3.19. The van der Waals surface area contributed by atoms with E-state index in [1.807, 2.05) is 12.1 Å². The van der Waals surface area contributed by atoms with E-state index in [-0.39, 0.29) is 23.9 Å². The maximum atomic E-state index is 12.3. The van der Waals surface area contributed by atoms with Gasteiger partial charge in [0.2, 0.25) is 5.91 Å². The summed E-state index contributed by atoms with van der Waals surface area (Å²) in [6.07, 6.45) is 1.71. The first-order valence-corrected chi connectivity index (χ1v) is 7.83. The molecular weight excluding hydrogens is 306 g/mol. The first-order valence-electron chi connectivity index (χ1n) is 7.83. The van der Waals surface area contributed by atoms with E-state index >= 15 is 0 Å². The second kappa shape index (κ2) is 6.74. The number of methoxy groups -OCH3 is 1. The van der Waals surface area contributed by atoms with Crippen molar-refractivity contribution >= 4 is 11.9 Å². The van der Waals surface area contributed by atoms with Gasteiger partial charge in [-0.2, -0.15) is 0 Å². The van der Waals surface area contributed by atoms with Crippen molar-refractivity contribution in [2.75, 3.05) is 7.11 Å². The molecule has 1 unspecified atom stereocenters. The van der Waals surface area contributed by atoms with Crippen molar-refractivity contribution in [1.82, 2.24) is 5.32 Å². The molecule has 0 fully saturated rings. The minimum atomic E-state index is -0.990. The molecule has 1 aliphatic carbocycles. The van der Waals surface area contributed by atoms with Crippen LogP contribution >= 0.6 is 0 Å². The monoisotopic (exact) mass is 325 g/mol. The predicted octanol–water partition coefficient (Wildman–Crippen LogP) is 2.22. The number of benzene rings is 2. The number of fused-ring (bicyclic) bond motifs is 1. The summed E-state index contributed by atoms with van der Waals surface area (Å²) in [6, 6.07) is 12.5. The molecule has 0 aromatic heterocycles. The summed E-state index contributed by atoms with van der Waals surface area (Å²) in [7, 11) is 1.65. The number of amides is 1. The highest BCUT2D eigenvalue weighted by Crippen LogP contribution is 2.30. The normalized spacial score (nSPS) is 15.6. The number of carboxylic acid groups (broad SMARTS) is 1. The summed E-state index contributed by atoms with van der Waals surface area (Å²) in [5, 5.41) is 12.0. The Balaban J connectivity index is 1.63. The van der Waals surface area contributed by atoms with Crippen LogP contribution in [-0.2, 0) is 24.1 Å².